The topological polar surface area (TPSA) is 59.6 Å². The predicted octanol–water partition coefficient (Wildman–Crippen LogP) is 6.27. The molecular weight excluding hydrogens is 376 g/mol. The van der Waals surface area contributed by atoms with Gasteiger partial charge in [-0.05, 0) is 37.1 Å². The minimum atomic E-state index is -0.121. The number of anilines is 2. The van der Waals surface area contributed by atoms with Gasteiger partial charge in [-0.1, -0.05) is 64.2 Å². The fourth-order valence-corrected chi connectivity index (χ4v) is 2.99. The lowest BCUT2D eigenvalue weighted by atomic mass is 10.2. The van der Waals surface area contributed by atoms with Crippen LogP contribution in [0.15, 0.2) is 48.5 Å². The molecular formula is C25H36N2O3. The molecule has 5 nitrogen and oxygen atoms in total. The van der Waals surface area contributed by atoms with Crippen molar-refractivity contribution in [1.82, 2.24) is 0 Å². The summed E-state index contributed by atoms with van der Waals surface area (Å²) < 4.78 is 11.6. The molecule has 0 saturated heterocycles. The summed E-state index contributed by atoms with van der Waals surface area (Å²) in [6, 6.07) is 15.3. The molecule has 5 heteroatoms. The minimum absolute atomic E-state index is 0.121. The number of nitrogens with one attached hydrogen (secondary N) is 2. The van der Waals surface area contributed by atoms with Crippen LogP contribution in [0, 0.1) is 0 Å². The van der Waals surface area contributed by atoms with Crippen molar-refractivity contribution in [2.75, 3.05) is 30.4 Å². The van der Waals surface area contributed by atoms with Gasteiger partial charge in [0.2, 0.25) is 5.91 Å². The van der Waals surface area contributed by atoms with Crippen molar-refractivity contribution in [2.45, 2.75) is 58.8 Å². The van der Waals surface area contributed by atoms with Gasteiger partial charge in [-0.3, -0.25) is 4.79 Å². The molecule has 2 N–H and O–H groups in total. The van der Waals surface area contributed by atoms with Crippen LogP contribution in [0.1, 0.15) is 58.8 Å². The molecule has 0 saturated carbocycles. The predicted molar refractivity (Wildman–Crippen MR) is 125 cm³/mol. The normalized spacial score (nSPS) is 10.5. The first-order chi connectivity index (χ1) is 14.7. The van der Waals surface area contributed by atoms with E-state index < -0.39 is 0 Å². The Balaban J connectivity index is 1.77. The van der Waals surface area contributed by atoms with E-state index in [1.807, 2.05) is 48.5 Å². The van der Waals surface area contributed by atoms with E-state index in [1.165, 1.54) is 25.7 Å². The number of benzene rings is 2. The Labute approximate surface area is 181 Å². The molecule has 0 aliphatic rings. The van der Waals surface area contributed by atoms with Gasteiger partial charge in [-0.25, -0.2) is 0 Å². The van der Waals surface area contributed by atoms with Gasteiger partial charge in [-0.15, -0.1) is 0 Å². The third kappa shape index (κ3) is 9.21. The van der Waals surface area contributed by atoms with E-state index in [4.69, 9.17) is 9.47 Å². The zero-order valence-corrected chi connectivity index (χ0v) is 18.4. The van der Waals surface area contributed by atoms with Crippen molar-refractivity contribution in [3.8, 4) is 11.5 Å². The molecule has 0 radical (unpaired) electrons. The van der Waals surface area contributed by atoms with Crippen LogP contribution < -0.4 is 20.1 Å². The number of hydrogen-bond donors (Lipinski definition) is 2. The van der Waals surface area contributed by atoms with E-state index >= 15 is 0 Å². The SMILES string of the molecule is CCCCCCCOc1cccc(NCC(=O)Nc2ccccc2OCCCC)c1. The Morgan fingerprint density at radius 2 is 1.60 bits per heavy atom. The van der Waals surface area contributed by atoms with Crippen LogP contribution in [0.2, 0.25) is 0 Å². The van der Waals surface area contributed by atoms with Gasteiger partial charge in [0.15, 0.2) is 0 Å². The van der Waals surface area contributed by atoms with Crippen LogP contribution in [-0.4, -0.2) is 25.7 Å². The zero-order valence-electron chi connectivity index (χ0n) is 18.4. The zero-order chi connectivity index (χ0) is 21.4. The molecule has 0 spiro atoms. The maximum absolute atomic E-state index is 12.4. The summed E-state index contributed by atoms with van der Waals surface area (Å²) in [7, 11) is 0. The molecule has 1 amide bonds. The molecule has 0 atom stereocenters. The average molecular weight is 413 g/mol. The first kappa shape index (κ1) is 23.6. The number of rotatable bonds is 15. The van der Waals surface area contributed by atoms with Crippen molar-refractivity contribution >= 4 is 17.3 Å². The number of ether oxygens (including phenoxy) is 2. The van der Waals surface area contributed by atoms with Gasteiger partial charge in [0.1, 0.15) is 11.5 Å². The largest absolute Gasteiger partial charge is 0.494 e. The summed E-state index contributed by atoms with van der Waals surface area (Å²) in [6.07, 6.45) is 8.14. The molecule has 30 heavy (non-hydrogen) atoms. The summed E-state index contributed by atoms with van der Waals surface area (Å²) in [5, 5.41) is 6.09. The Morgan fingerprint density at radius 1 is 0.833 bits per heavy atom. The molecule has 0 fully saturated rings. The van der Waals surface area contributed by atoms with Gasteiger partial charge >= 0.3 is 0 Å². The third-order valence-corrected chi connectivity index (χ3v) is 4.72. The number of amides is 1. The van der Waals surface area contributed by atoms with E-state index in [0.717, 1.165) is 37.3 Å². The molecule has 2 rings (SSSR count). The summed E-state index contributed by atoms with van der Waals surface area (Å²) in [6.45, 7) is 5.88. The lowest BCUT2D eigenvalue weighted by molar-refractivity contribution is -0.114. The molecule has 0 aliphatic heterocycles. The van der Waals surface area contributed by atoms with Crippen molar-refractivity contribution < 1.29 is 14.3 Å². The van der Waals surface area contributed by atoms with E-state index in [-0.39, 0.29) is 12.5 Å². The number of hydrogen-bond acceptors (Lipinski definition) is 4. The highest BCUT2D eigenvalue weighted by atomic mass is 16.5. The Bertz CT molecular complexity index is 749. The molecule has 0 bridgehead atoms. The van der Waals surface area contributed by atoms with Crippen molar-refractivity contribution in [2.24, 2.45) is 0 Å². The first-order valence-electron chi connectivity index (χ1n) is 11.2. The monoisotopic (exact) mass is 412 g/mol. The smallest absolute Gasteiger partial charge is 0.243 e. The van der Waals surface area contributed by atoms with E-state index in [2.05, 4.69) is 24.5 Å². The highest BCUT2D eigenvalue weighted by Crippen LogP contribution is 2.24. The highest BCUT2D eigenvalue weighted by molar-refractivity contribution is 5.95. The fraction of sp³-hybridized carbons (Fsp3) is 0.480. The van der Waals surface area contributed by atoms with Crippen molar-refractivity contribution in [3.63, 3.8) is 0 Å². The standard InChI is InChI=1S/C25H36N2O3/c1-3-5-7-8-11-18-29-22-14-12-13-21(19-22)26-20-25(28)27-23-15-9-10-16-24(23)30-17-6-4-2/h9-10,12-16,19,26H,3-8,11,17-18,20H2,1-2H3,(H,27,28). The lowest BCUT2D eigenvalue weighted by Crippen LogP contribution is -2.22. The number of para-hydroxylation sites is 2. The van der Waals surface area contributed by atoms with Crippen LogP contribution in [0.3, 0.4) is 0 Å². The quantitative estimate of drug-likeness (QED) is 0.339. The van der Waals surface area contributed by atoms with Gasteiger partial charge in [0, 0.05) is 11.8 Å². The Hall–Kier alpha value is -2.69. The number of carbonyl (C=O) groups is 1. The van der Waals surface area contributed by atoms with Crippen molar-refractivity contribution in [3.05, 3.63) is 48.5 Å². The summed E-state index contributed by atoms with van der Waals surface area (Å²) in [4.78, 5) is 12.4. The summed E-state index contributed by atoms with van der Waals surface area (Å²) >= 11 is 0. The molecule has 2 aromatic rings. The summed E-state index contributed by atoms with van der Waals surface area (Å²) in [5.74, 6) is 1.41. The molecule has 0 aliphatic carbocycles. The molecule has 0 aromatic heterocycles. The molecule has 0 heterocycles. The lowest BCUT2D eigenvalue weighted by Gasteiger charge is -2.13. The van der Waals surface area contributed by atoms with Crippen LogP contribution >= 0.6 is 0 Å². The molecule has 0 unspecified atom stereocenters. The van der Waals surface area contributed by atoms with Gasteiger partial charge in [0.25, 0.3) is 0 Å². The average Bonchev–Trinajstić information content (AvgIpc) is 2.76. The number of carbonyl (C=O) groups excluding carboxylic acids is 1. The van der Waals surface area contributed by atoms with Crippen LogP contribution in [0.4, 0.5) is 11.4 Å². The second-order valence-electron chi connectivity index (χ2n) is 7.39. The maximum Gasteiger partial charge on any atom is 0.243 e. The Kier molecular flexibility index (Phi) is 11.3. The molecule has 2 aromatic carbocycles. The third-order valence-electron chi connectivity index (χ3n) is 4.72. The van der Waals surface area contributed by atoms with Crippen LogP contribution in [0.5, 0.6) is 11.5 Å². The summed E-state index contributed by atoms with van der Waals surface area (Å²) in [5.41, 5.74) is 1.56. The maximum atomic E-state index is 12.4. The fourth-order valence-electron chi connectivity index (χ4n) is 2.99. The minimum Gasteiger partial charge on any atom is -0.494 e. The first-order valence-corrected chi connectivity index (χ1v) is 11.2. The number of unbranched alkanes of at least 4 members (excludes halogenated alkanes) is 5. The van der Waals surface area contributed by atoms with Crippen molar-refractivity contribution in [1.29, 1.82) is 0 Å². The second-order valence-corrected chi connectivity index (χ2v) is 7.39. The van der Waals surface area contributed by atoms with Gasteiger partial charge < -0.3 is 20.1 Å². The van der Waals surface area contributed by atoms with E-state index in [1.54, 1.807) is 0 Å². The highest BCUT2D eigenvalue weighted by Gasteiger charge is 2.08. The molecule has 164 valence electrons. The van der Waals surface area contributed by atoms with Gasteiger partial charge in [-0.2, -0.15) is 0 Å². The second kappa shape index (κ2) is 14.3. The van der Waals surface area contributed by atoms with Crippen LogP contribution in [0.25, 0.3) is 0 Å². The Morgan fingerprint density at radius 3 is 2.43 bits per heavy atom. The van der Waals surface area contributed by atoms with E-state index in [0.29, 0.717) is 18.0 Å². The van der Waals surface area contributed by atoms with E-state index in [9.17, 15) is 4.79 Å². The van der Waals surface area contributed by atoms with Gasteiger partial charge in [0.05, 0.1) is 25.4 Å². The van der Waals surface area contributed by atoms with Crippen LogP contribution in [-0.2, 0) is 4.79 Å².